The molecule has 1 heterocycles. The Labute approximate surface area is 125 Å². The number of pyridine rings is 1. The third kappa shape index (κ3) is 4.68. The highest BCUT2D eigenvalue weighted by molar-refractivity contribution is 6.03. The van der Waals surface area contributed by atoms with Gasteiger partial charge in [-0.25, -0.2) is 4.98 Å². The van der Waals surface area contributed by atoms with Crippen LogP contribution in [0.5, 0.6) is 0 Å². The Hall–Kier alpha value is -2.20. The predicted molar refractivity (Wildman–Crippen MR) is 83.3 cm³/mol. The van der Waals surface area contributed by atoms with Crippen LogP contribution >= 0.6 is 0 Å². The third-order valence-corrected chi connectivity index (χ3v) is 2.96. The minimum absolute atomic E-state index is 0.163. The molecule has 0 saturated carbocycles. The molecule has 110 valence electrons. The number of ether oxygens (including phenoxy) is 1. The molecule has 1 amide bonds. The molecule has 0 saturated heterocycles. The SMILES string of the molecule is Cc1ccnc(NC(=O)c2ccc(COC(C)C)cc2)c1. The summed E-state index contributed by atoms with van der Waals surface area (Å²) in [5.74, 6) is 0.400. The fraction of sp³-hybridized carbons (Fsp3) is 0.294. The molecule has 21 heavy (non-hydrogen) atoms. The molecule has 0 radical (unpaired) electrons. The van der Waals surface area contributed by atoms with E-state index in [1.54, 1.807) is 18.3 Å². The molecular formula is C17H20N2O2. The van der Waals surface area contributed by atoms with Gasteiger partial charge in [-0.3, -0.25) is 4.79 Å². The topological polar surface area (TPSA) is 51.2 Å². The average molecular weight is 284 g/mol. The number of carbonyl (C=O) groups excluding carboxylic acids is 1. The standard InChI is InChI=1S/C17H20N2O2/c1-12(2)21-11-14-4-6-15(7-5-14)17(20)19-16-10-13(3)8-9-18-16/h4-10,12H,11H2,1-3H3,(H,18,19,20). The van der Waals surface area contributed by atoms with Gasteiger partial charge in [0.15, 0.2) is 0 Å². The lowest BCUT2D eigenvalue weighted by molar-refractivity contribution is 0.0657. The van der Waals surface area contributed by atoms with E-state index in [1.807, 2.05) is 45.0 Å². The highest BCUT2D eigenvalue weighted by Gasteiger charge is 2.07. The summed E-state index contributed by atoms with van der Waals surface area (Å²) in [7, 11) is 0. The fourth-order valence-corrected chi connectivity index (χ4v) is 1.81. The van der Waals surface area contributed by atoms with Crippen LogP contribution in [0.1, 0.15) is 35.3 Å². The largest absolute Gasteiger partial charge is 0.374 e. The van der Waals surface area contributed by atoms with Gasteiger partial charge in [0.2, 0.25) is 0 Å². The highest BCUT2D eigenvalue weighted by atomic mass is 16.5. The van der Waals surface area contributed by atoms with E-state index in [4.69, 9.17) is 4.74 Å². The van der Waals surface area contributed by atoms with Crippen LogP contribution in [0.15, 0.2) is 42.6 Å². The van der Waals surface area contributed by atoms with Gasteiger partial charge in [0.25, 0.3) is 5.91 Å². The van der Waals surface area contributed by atoms with Crippen LogP contribution in [0.4, 0.5) is 5.82 Å². The Bertz CT molecular complexity index is 606. The molecule has 2 aromatic rings. The van der Waals surface area contributed by atoms with Crippen LogP contribution in [0.25, 0.3) is 0 Å². The van der Waals surface area contributed by atoms with Crippen LogP contribution in [-0.4, -0.2) is 17.0 Å². The van der Waals surface area contributed by atoms with Crippen molar-refractivity contribution in [2.75, 3.05) is 5.32 Å². The Morgan fingerprint density at radius 1 is 1.24 bits per heavy atom. The van der Waals surface area contributed by atoms with Crippen LogP contribution in [0, 0.1) is 6.92 Å². The molecular weight excluding hydrogens is 264 g/mol. The van der Waals surface area contributed by atoms with Crippen LogP contribution in [0.3, 0.4) is 0 Å². The number of anilines is 1. The summed E-state index contributed by atoms with van der Waals surface area (Å²) < 4.78 is 5.53. The van der Waals surface area contributed by atoms with Crippen molar-refractivity contribution in [2.24, 2.45) is 0 Å². The third-order valence-electron chi connectivity index (χ3n) is 2.96. The first-order valence-corrected chi connectivity index (χ1v) is 6.99. The van der Waals surface area contributed by atoms with E-state index in [9.17, 15) is 4.79 Å². The molecule has 1 N–H and O–H groups in total. The van der Waals surface area contributed by atoms with Crippen molar-refractivity contribution < 1.29 is 9.53 Å². The average Bonchev–Trinajstić information content (AvgIpc) is 2.45. The van der Waals surface area contributed by atoms with E-state index in [0.717, 1.165) is 11.1 Å². The van der Waals surface area contributed by atoms with Gasteiger partial charge in [-0.1, -0.05) is 12.1 Å². The van der Waals surface area contributed by atoms with Gasteiger partial charge in [-0.05, 0) is 56.2 Å². The summed E-state index contributed by atoms with van der Waals surface area (Å²) in [4.78, 5) is 16.2. The van der Waals surface area contributed by atoms with Crippen molar-refractivity contribution >= 4 is 11.7 Å². The lowest BCUT2D eigenvalue weighted by Crippen LogP contribution is -2.13. The second-order valence-electron chi connectivity index (χ2n) is 5.23. The number of rotatable bonds is 5. The van der Waals surface area contributed by atoms with Gasteiger partial charge in [0.05, 0.1) is 12.7 Å². The number of nitrogens with one attached hydrogen (secondary N) is 1. The number of aromatic nitrogens is 1. The molecule has 0 atom stereocenters. The van der Waals surface area contributed by atoms with E-state index in [2.05, 4.69) is 10.3 Å². The zero-order chi connectivity index (χ0) is 15.2. The number of benzene rings is 1. The minimum atomic E-state index is -0.163. The van der Waals surface area contributed by atoms with Crippen molar-refractivity contribution in [3.05, 3.63) is 59.3 Å². The number of nitrogens with zero attached hydrogens (tertiary/aromatic N) is 1. The van der Waals surface area contributed by atoms with Crippen LogP contribution < -0.4 is 5.32 Å². The predicted octanol–water partition coefficient (Wildman–Crippen LogP) is 3.57. The van der Waals surface area contributed by atoms with Crippen molar-refractivity contribution in [1.82, 2.24) is 4.98 Å². The molecule has 0 fully saturated rings. The van der Waals surface area contributed by atoms with E-state index < -0.39 is 0 Å². The molecule has 4 heteroatoms. The molecule has 0 aliphatic rings. The van der Waals surface area contributed by atoms with E-state index in [1.165, 1.54) is 0 Å². The first kappa shape index (κ1) is 15.2. The van der Waals surface area contributed by atoms with E-state index >= 15 is 0 Å². The number of hydrogen-bond donors (Lipinski definition) is 1. The first-order chi connectivity index (χ1) is 10.0. The monoisotopic (exact) mass is 284 g/mol. The van der Waals surface area contributed by atoms with Gasteiger partial charge in [0.1, 0.15) is 5.82 Å². The number of aryl methyl sites for hydroxylation is 1. The lowest BCUT2D eigenvalue weighted by Gasteiger charge is -2.08. The number of hydrogen-bond acceptors (Lipinski definition) is 3. The van der Waals surface area contributed by atoms with Gasteiger partial charge in [-0.2, -0.15) is 0 Å². The van der Waals surface area contributed by atoms with Crippen LogP contribution in [-0.2, 0) is 11.3 Å². The zero-order valence-electron chi connectivity index (χ0n) is 12.6. The number of carbonyl (C=O) groups is 1. The molecule has 0 unspecified atom stereocenters. The molecule has 0 aliphatic heterocycles. The van der Waals surface area contributed by atoms with Crippen LogP contribution in [0.2, 0.25) is 0 Å². The molecule has 2 rings (SSSR count). The molecule has 1 aromatic heterocycles. The summed E-state index contributed by atoms with van der Waals surface area (Å²) in [5, 5.41) is 2.79. The maximum atomic E-state index is 12.1. The summed E-state index contributed by atoms with van der Waals surface area (Å²) >= 11 is 0. The highest BCUT2D eigenvalue weighted by Crippen LogP contribution is 2.10. The Balaban J connectivity index is 1.99. The summed E-state index contributed by atoms with van der Waals surface area (Å²) in [6, 6.07) is 11.1. The minimum Gasteiger partial charge on any atom is -0.374 e. The smallest absolute Gasteiger partial charge is 0.256 e. The number of amides is 1. The van der Waals surface area contributed by atoms with Crippen molar-refractivity contribution in [3.63, 3.8) is 0 Å². The summed E-state index contributed by atoms with van der Waals surface area (Å²) in [5.41, 5.74) is 2.71. The maximum absolute atomic E-state index is 12.1. The molecule has 0 bridgehead atoms. The van der Waals surface area contributed by atoms with Crippen molar-refractivity contribution in [2.45, 2.75) is 33.5 Å². The van der Waals surface area contributed by atoms with Crippen molar-refractivity contribution in [1.29, 1.82) is 0 Å². The Kier molecular flexibility index (Phi) is 5.06. The second kappa shape index (κ2) is 6.99. The Morgan fingerprint density at radius 2 is 1.95 bits per heavy atom. The summed E-state index contributed by atoms with van der Waals surface area (Å²) in [6.07, 6.45) is 1.87. The maximum Gasteiger partial charge on any atom is 0.256 e. The van der Waals surface area contributed by atoms with Gasteiger partial charge < -0.3 is 10.1 Å². The van der Waals surface area contributed by atoms with Gasteiger partial charge in [0, 0.05) is 11.8 Å². The molecule has 4 nitrogen and oxygen atoms in total. The van der Waals surface area contributed by atoms with Crippen molar-refractivity contribution in [3.8, 4) is 0 Å². The van der Waals surface area contributed by atoms with E-state index in [-0.39, 0.29) is 12.0 Å². The molecule has 0 aliphatic carbocycles. The molecule has 1 aromatic carbocycles. The first-order valence-electron chi connectivity index (χ1n) is 6.99. The zero-order valence-corrected chi connectivity index (χ0v) is 12.6. The fourth-order valence-electron chi connectivity index (χ4n) is 1.81. The summed E-state index contributed by atoms with van der Waals surface area (Å²) in [6.45, 7) is 6.51. The quantitative estimate of drug-likeness (QED) is 0.913. The van der Waals surface area contributed by atoms with Gasteiger partial charge in [-0.15, -0.1) is 0 Å². The molecule has 0 spiro atoms. The van der Waals surface area contributed by atoms with Gasteiger partial charge >= 0.3 is 0 Å². The second-order valence-corrected chi connectivity index (χ2v) is 5.23. The van der Waals surface area contributed by atoms with E-state index in [0.29, 0.717) is 18.0 Å². The lowest BCUT2D eigenvalue weighted by atomic mass is 10.1. The Morgan fingerprint density at radius 3 is 2.57 bits per heavy atom. The normalized spacial score (nSPS) is 10.7.